The monoisotopic (exact) mass is 520 g/mol. The van der Waals surface area contributed by atoms with Gasteiger partial charge in [-0.2, -0.15) is 0 Å². The summed E-state index contributed by atoms with van der Waals surface area (Å²) in [5.74, 6) is 8.42. The highest BCUT2D eigenvalue weighted by Gasteiger charge is 2.53. The zero-order valence-corrected chi connectivity index (χ0v) is 22.1. The van der Waals surface area contributed by atoms with Gasteiger partial charge in [0.1, 0.15) is 17.6 Å². The van der Waals surface area contributed by atoms with Gasteiger partial charge in [-0.25, -0.2) is 4.79 Å². The molecule has 1 atom stereocenters. The summed E-state index contributed by atoms with van der Waals surface area (Å²) in [6.45, 7) is 0.914. The molecule has 0 amide bonds. The number of methoxy groups -OCH3 is 2. The summed E-state index contributed by atoms with van der Waals surface area (Å²) in [7, 11) is 3.26. The molecule has 0 aromatic heterocycles. The second-order valence-corrected chi connectivity index (χ2v) is 11.0. The third-order valence-electron chi connectivity index (χ3n) is 8.43. The van der Waals surface area contributed by atoms with Gasteiger partial charge >= 0.3 is 5.97 Å². The average molecular weight is 521 g/mol. The van der Waals surface area contributed by atoms with Crippen molar-refractivity contribution >= 4 is 5.97 Å². The Morgan fingerprint density at radius 3 is 2.26 bits per heavy atom. The molecule has 0 saturated heterocycles. The van der Waals surface area contributed by atoms with Crippen LogP contribution in [-0.2, 0) is 14.9 Å². The Hall–Kier alpha value is -3.05. The zero-order chi connectivity index (χ0) is 26.7. The van der Waals surface area contributed by atoms with E-state index in [0.29, 0.717) is 35.8 Å². The number of aliphatic hydroxyl groups excluding tert-OH is 1. The Bertz CT molecular complexity index is 1170. The van der Waals surface area contributed by atoms with Crippen LogP contribution < -0.4 is 9.47 Å². The summed E-state index contributed by atoms with van der Waals surface area (Å²) in [6.07, 6.45) is 6.22. The normalized spacial score (nSPS) is 25.9. The van der Waals surface area contributed by atoms with Crippen LogP contribution in [-0.4, -0.2) is 50.4 Å². The predicted octanol–water partition coefficient (Wildman–Crippen LogP) is 4.95. The SMILES string of the molecule is COCCOCOc1c(C(O)C#Cc2ccc(C(=O)O)cc2)cc(OC)cc1C12CC3CC(CC(C3)C1)C2. The van der Waals surface area contributed by atoms with Gasteiger partial charge in [-0.05, 0) is 98.1 Å². The first-order valence-corrected chi connectivity index (χ1v) is 13.4. The first kappa shape index (κ1) is 26.6. The molecule has 7 heteroatoms. The summed E-state index contributed by atoms with van der Waals surface area (Å²) in [6, 6.07) is 10.2. The molecule has 0 aliphatic heterocycles. The fourth-order valence-corrected chi connectivity index (χ4v) is 7.17. The van der Waals surface area contributed by atoms with Crippen molar-refractivity contribution in [3.63, 3.8) is 0 Å². The molecule has 202 valence electrons. The highest BCUT2D eigenvalue weighted by molar-refractivity contribution is 5.87. The second kappa shape index (κ2) is 11.4. The van der Waals surface area contributed by atoms with Gasteiger partial charge in [0.25, 0.3) is 0 Å². The molecule has 2 N–H and O–H groups in total. The van der Waals surface area contributed by atoms with Crippen molar-refractivity contribution in [2.24, 2.45) is 17.8 Å². The van der Waals surface area contributed by atoms with Crippen LogP contribution in [0.5, 0.6) is 11.5 Å². The van der Waals surface area contributed by atoms with Gasteiger partial charge in [0.05, 0.1) is 25.9 Å². The van der Waals surface area contributed by atoms with Gasteiger partial charge in [0, 0.05) is 23.8 Å². The number of hydrogen-bond acceptors (Lipinski definition) is 6. The van der Waals surface area contributed by atoms with Crippen molar-refractivity contribution in [2.45, 2.75) is 50.0 Å². The highest BCUT2D eigenvalue weighted by Crippen LogP contribution is 2.62. The molecular formula is C31H36O7. The van der Waals surface area contributed by atoms with E-state index >= 15 is 0 Å². The summed E-state index contributed by atoms with van der Waals surface area (Å²) in [5, 5.41) is 20.4. The van der Waals surface area contributed by atoms with Gasteiger partial charge < -0.3 is 29.2 Å². The van der Waals surface area contributed by atoms with Gasteiger partial charge in [-0.15, -0.1) is 0 Å². The molecule has 0 spiro atoms. The van der Waals surface area contributed by atoms with E-state index in [1.165, 1.54) is 31.4 Å². The van der Waals surface area contributed by atoms with E-state index in [0.717, 1.165) is 42.6 Å². The molecule has 0 heterocycles. The predicted molar refractivity (Wildman–Crippen MR) is 141 cm³/mol. The number of aliphatic hydroxyl groups is 1. The van der Waals surface area contributed by atoms with Crippen molar-refractivity contribution in [1.82, 2.24) is 0 Å². The molecule has 4 saturated carbocycles. The van der Waals surface area contributed by atoms with Crippen LogP contribution >= 0.6 is 0 Å². The Morgan fingerprint density at radius 1 is 1.03 bits per heavy atom. The molecule has 1 unspecified atom stereocenters. The number of rotatable bonds is 10. The maximum atomic E-state index is 11.3. The summed E-state index contributed by atoms with van der Waals surface area (Å²) in [5.41, 5.74) is 2.45. The van der Waals surface area contributed by atoms with Crippen LogP contribution in [0.2, 0.25) is 0 Å². The Labute approximate surface area is 224 Å². The number of benzene rings is 2. The van der Waals surface area contributed by atoms with Crippen molar-refractivity contribution < 1.29 is 34.0 Å². The molecule has 38 heavy (non-hydrogen) atoms. The van der Waals surface area contributed by atoms with Crippen LogP contribution in [0.15, 0.2) is 36.4 Å². The van der Waals surface area contributed by atoms with Gasteiger partial charge in [-0.1, -0.05) is 11.8 Å². The number of aromatic carboxylic acids is 1. The van der Waals surface area contributed by atoms with Crippen LogP contribution in [0.4, 0.5) is 0 Å². The fraction of sp³-hybridized carbons (Fsp3) is 0.516. The number of carboxylic acid groups (broad SMARTS) is 1. The van der Waals surface area contributed by atoms with Crippen LogP contribution in [0.25, 0.3) is 0 Å². The van der Waals surface area contributed by atoms with Gasteiger partial charge in [0.2, 0.25) is 0 Å². The number of hydrogen-bond donors (Lipinski definition) is 2. The Kier molecular flexibility index (Phi) is 7.94. The third kappa shape index (κ3) is 5.54. The second-order valence-electron chi connectivity index (χ2n) is 11.0. The minimum atomic E-state index is -1.13. The van der Waals surface area contributed by atoms with Gasteiger partial charge in [0.15, 0.2) is 6.79 Å². The van der Waals surface area contributed by atoms with Crippen LogP contribution in [0.3, 0.4) is 0 Å². The van der Waals surface area contributed by atoms with E-state index < -0.39 is 12.1 Å². The largest absolute Gasteiger partial charge is 0.497 e. The molecule has 6 rings (SSSR count). The summed E-state index contributed by atoms with van der Waals surface area (Å²) in [4.78, 5) is 11.1. The fourth-order valence-electron chi connectivity index (χ4n) is 7.17. The van der Waals surface area contributed by atoms with Crippen molar-refractivity contribution in [3.05, 3.63) is 58.7 Å². The van der Waals surface area contributed by atoms with Crippen molar-refractivity contribution in [3.8, 4) is 23.3 Å². The summed E-state index contributed by atoms with van der Waals surface area (Å²) >= 11 is 0. The first-order valence-electron chi connectivity index (χ1n) is 13.4. The van der Waals surface area contributed by atoms with E-state index in [1.54, 1.807) is 32.4 Å². The average Bonchev–Trinajstić information content (AvgIpc) is 2.90. The van der Waals surface area contributed by atoms with Crippen molar-refractivity contribution in [2.75, 3.05) is 34.2 Å². The molecular weight excluding hydrogens is 484 g/mol. The summed E-state index contributed by atoms with van der Waals surface area (Å²) < 4.78 is 22.7. The van der Waals surface area contributed by atoms with E-state index in [-0.39, 0.29) is 17.8 Å². The molecule has 7 nitrogen and oxygen atoms in total. The maximum absolute atomic E-state index is 11.3. The maximum Gasteiger partial charge on any atom is 0.335 e. The minimum Gasteiger partial charge on any atom is -0.497 e. The quantitative estimate of drug-likeness (QED) is 0.260. The van der Waals surface area contributed by atoms with E-state index in [9.17, 15) is 9.90 Å². The molecule has 4 aliphatic carbocycles. The van der Waals surface area contributed by atoms with Crippen molar-refractivity contribution in [1.29, 1.82) is 0 Å². The molecule has 0 radical (unpaired) electrons. The molecule has 4 fully saturated rings. The standard InChI is InChI=1S/C31H36O7/c1-35-9-10-37-19-38-29-26(28(32)8-5-20-3-6-24(7-4-20)30(33)34)14-25(36-2)15-27(29)31-16-21-11-22(17-31)13-23(12-21)18-31/h3-4,6-7,14-15,21-23,28,32H,9-13,16-19H2,1-2H3,(H,33,34). The third-order valence-corrected chi connectivity index (χ3v) is 8.43. The first-order chi connectivity index (χ1) is 18.4. The number of carboxylic acids is 1. The number of carbonyl (C=O) groups is 1. The lowest BCUT2D eigenvalue weighted by Crippen LogP contribution is -2.48. The highest BCUT2D eigenvalue weighted by atomic mass is 16.7. The lowest BCUT2D eigenvalue weighted by molar-refractivity contribution is -0.0199. The lowest BCUT2D eigenvalue weighted by Gasteiger charge is -2.57. The smallest absolute Gasteiger partial charge is 0.335 e. The molecule has 2 aromatic carbocycles. The minimum absolute atomic E-state index is 0.000283. The Balaban J connectivity index is 1.50. The van der Waals surface area contributed by atoms with Crippen LogP contribution in [0.1, 0.15) is 71.7 Å². The zero-order valence-electron chi connectivity index (χ0n) is 22.1. The van der Waals surface area contributed by atoms with Gasteiger partial charge in [-0.3, -0.25) is 0 Å². The van der Waals surface area contributed by atoms with E-state index in [4.69, 9.17) is 24.1 Å². The Morgan fingerprint density at radius 2 is 1.68 bits per heavy atom. The number of ether oxygens (including phenoxy) is 4. The lowest BCUT2D eigenvalue weighted by atomic mass is 9.48. The molecule has 2 aromatic rings. The van der Waals surface area contributed by atoms with E-state index in [1.807, 2.05) is 0 Å². The van der Waals surface area contributed by atoms with E-state index in [2.05, 4.69) is 17.9 Å². The molecule has 4 aliphatic rings. The molecule has 4 bridgehead atoms. The topological polar surface area (TPSA) is 94.5 Å². The van der Waals surface area contributed by atoms with Crippen LogP contribution in [0, 0.1) is 29.6 Å².